The van der Waals surface area contributed by atoms with Gasteiger partial charge < -0.3 is 19.4 Å². The summed E-state index contributed by atoms with van der Waals surface area (Å²) >= 11 is 0. The molecule has 178 valence electrons. The van der Waals surface area contributed by atoms with E-state index in [2.05, 4.69) is 10.3 Å². The van der Waals surface area contributed by atoms with E-state index >= 15 is 0 Å². The van der Waals surface area contributed by atoms with Gasteiger partial charge in [0.05, 0.1) is 6.04 Å². The van der Waals surface area contributed by atoms with Crippen molar-refractivity contribution >= 4 is 11.8 Å². The summed E-state index contributed by atoms with van der Waals surface area (Å²) in [5.41, 5.74) is 2.90. The predicted octanol–water partition coefficient (Wildman–Crippen LogP) is 4.27. The first-order chi connectivity index (χ1) is 16.4. The van der Waals surface area contributed by atoms with Crippen molar-refractivity contribution in [1.82, 2.24) is 15.2 Å². The third-order valence-electron chi connectivity index (χ3n) is 5.77. The van der Waals surface area contributed by atoms with E-state index in [1.165, 1.54) is 18.4 Å². The molecule has 0 aliphatic carbocycles. The van der Waals surface area contributed by atoms with E-state index in [4.69, 9.17) is 9.15 Å². The highest BCUT2D eigenvalue weighted by molar-refractivity contribution is 5.91. The first-order valence-electron chi connectivity index (χ1n) is 11.4. The third kappa shape index (κ3) is 4.95. The Bertz CT molecular complexity index is 1190. The topological polar surface area (TPSA) is 84.7 Å². The smallest absolute Gasteiger partial charge is 0.273 e. The monoisotopic (exact) mass is 465 g/mol. The van der Waals surface area contributed by atoms with Crippen LogP contribution in [0, 0.1) is 11.7 Å². The number of hydrogen-bond donors (Lipinski definition) is 1. The molecule has 1 atom stereocenters. The average molecular weight is 466 g/mol. The number of aromatic nitrogens is 1. The third-order valence-corrected chi connectivity index (χ3v) is 5.77. The van der Waals surface area contributed by atoms with E-state index in [9.17, 15) is 14.0 Å². The van der Waals surface area contributed by atoms with Crippen molar-refractivity contribution in [3.8, 4) is 5.75 Å². The van der Waals surface area contributed by atoms with Crippen LogP contribution in [0.15, 0.2) is 53.1 Å². The number of ether oxygens (including phenoxy) is 1. The number of amides is 2. The van der Waals surface area contributed by atoms with Crippen molar-refractivity contribution in [2.45, 2.75) is 39.8 Å². The maximum Gasteiger partial charge on any atom is 0.273 e. The highest BCUT2D eigenvalue weighted by Crippen LogP contribution is 2.38. The zero-order valence-corrected chi connectivity index (χ0v) is 19.5. The first-order valence-corrected chi connectivity index (χ1v) is 11.4. The maximum absolute atomic E-state index is 14.1. The number of nitrogens with zero attached hydrogens (tertiary/aromatic N) is 2. The number of fused-ring (bicyclic) bond motifs is 1. The molecule has 4 rings (SSSR count). The number of halogens is 1. The van der Waals surface area contributed by atoms with Crippen molar-refractivity contribution in [3.05, 3.63) is 82.8 Å². The molecule has 34 heavy (non-hydrogen) atoms. The molecule has 0 saturated carbocycles. The molecule has 1 aromatic heterocycles. The quantitative estimate of drug-likeness (QED) is 0.563. The van der Waals surface area contributed by atoms with Gasteiger partial charge in [-0.1, -0.05) is 32.0 Å². The molecule has 1 N–H and O–H groups in total. The van der Waals surface area contributed by atoms with Crippen LogP contribution in [-0.4, -0.2) is 34.8 Å². The molecule has 1 aliphatic rings. The van der Waals surface area contributed by atoms with Gasteiger partial charge in [-0.25, -0.2) is 9.37 Å². The standard InChI is InChI=1S/C26H28FN3O4/c1-4-28-25(31)22-14-34-23(29-22)15-33-20-9-8-17-10-11-30(26(32)16(2)3)24(21(17)13-20)18-6-5-7-19(27)12-18/h5-9,12-14,16,24H,4,10-11,15H2,1-3H3,(H,28,31)/t24-/m0/s1. The van der Waals surface area contributed by atoms with E-state index in [1.54, 1.807) is 6.07 Å². The number of carbonyl (C=O) groups is 2. The van der Waals surface area contributed by atoms with E-state index < -0.39 is 6.04 Å². The molecular weight excluding hydrogens is 437 g/mol. The molecule has 0 bridgehead atoms. The molecule has 2 amide bonds. The molecule has 7 nitrogen and oxygen atoms in total. The second-order valence-electron chi connectivity index (χ2n) is 8.53. The zero-order chi connectivity index (χ0) is 24.2. The molecule has 0 saturated heterocycles. The van der Waals surface area contributed by atoms with Gasteiger partial charge in [-0.2, -0.15) is 0 Å². The Kier molecular flexibility index (Phi) is 6.95. The Balaban J connectivity index is 1.61. The van der Waals surface area contributed by atoms with E-state index in [-0.39, 0.29) is 41.7 Å². The van der Waals surface area contributed by atoms with Crippen LogP contribution >= 0.6 is 0 Å². The summed E-state index contributed by atoms with van der Waals surface area (Å²) in [5, 5.41) is 2.67. The minimum Gasteiger partial charge on any atom is -0.484 e. The van der Waals surface area contributed by atoms with Crippen molar-refractivity contribution in [1.29, 1.82) is 0 Å². The van der Waals surface area contributed by atoms with Crippen LogP contribution in [0.5, 0.6) is 5.75 Å². The summed E-state index contributed by atoms with van der Waals surface area (Å²) in [5.74, 6) is 0.0269. The first kappa shape index (κ1) is 23.5. The Morgan fingerprint density at radius 1 is 1.26 bits per heavy atom. The van der Waals surface area contributed by atoms with E-state index in [0.717, 1.165) is 11.1 Å². The number of oxazole rings is 1. The van der Waals surface area contributed by atoms with Crippen molar-refractivity contribution in [2.24, 2.45) is 5.92 Å². The van der Waals surface area contributed by atoms with E-state index in [1.807, 2.05) is 49.9 Å². The summed E-state index contributed by atoms with van der Waals surface area (Å²) in [6.45, 7) is 6.65. The Morgan fingerprint density at radius 2 is 2.09 bits per heavy atom. The Labute approximate surface area is 197 Å². The molecule has 2 aromatic carbocycles. The van der Waals surface area contributed by atoms with Crippen molar-refractivity contribution < 1.29 is 23.1 Å². The van der Waals surface area contributed by atoms with Crippen LogP contribution in [0.2, 0.25) is 0 Å². The maximum atomic E-state index is 14.1. The summed E-state index contributed by atoms with van der Waals surface area (Å²) < 4.78 is 25.4. The van der Waals surface area contributed by atoms with Gasteiger partial charge in [0, 0.05) is 19.0 Å². The SMILES string of the molecule is CCNC(=O)c1coc(COc2ccc3c(c2)[C@H](c2cccc(F)c2)N(C(=O)C(C)C)CC3)n1. The van der Waals surface area contributed by atoms with Gasteiger partial charge in [0.25, 0.3) is 5.91 Å². The number of hydrogen-bond acceptors (Lipinski definition) is 5. The Morgan fingerprint density at radius 3 is 2.82 bits per heavy atom. The molecule has 8 heteroatoms. The van der Waals surface area contributed by atoms with Crippen LogP contribution in [0.4, 0.5) is 4.39 Å². The lowest BCUT2D eigenvalue weighted by Crippen LogP contribution is -2.42. The predicted molar refractivity (Wildman–Crippen MR) is 124 cm³/mol. The lowest BCUT2D eigenvalue weighted by Gasteiger charge is -2.39. The van der Waals surface area contributed by atoms with Crippen LogP contribution in [0.25, 0.3) is 0 Å². The van der Waals surface area contributed by atoms with E-state index in [0.29, 0.717) is 30.8 Å². The van der Waals surface area contributed by atoms with Crippen molar-refractivity contribution in [2.75, 3.05) is 13.1 Å². The number of nitrogens with one attached hydrogen (secondary N) is 1. The summed E-state index contributed by atoms with van der Waals surface area (Å²) in [7, 11) is 0. The second kappa shape index (κ2) is 10.1. The summed E-state index contributed by atoms with van der Waals surface area (Å²) in [6, 6.07) is 11.7. The normalized spacial score (nSPS) is 15.2. The molecule has 0 radical (unpaired) electrons. The second-order valence-corrected chi connectivity index (χ2v) is 8.53. The molecule has 1 aliphatic heterocycles. The van der Waals surface area contributed by atoms with Crippen LogP contribution in [0.1, 0.15) is 59.9 Å². The molecule has 0 spiro atoms. The van der Waals surface area contributed by atoms with Gasteiger partial charge in [0.2, 0.25) is 11.8 Å². The highest BCUT2D eigenvalue weighted by atomic mass is 19.1. The van der Waals surface area contributed by atoms with Gasteiger partial charge in [-0.15, -0.1) is 0 Å². The molecule has 0 fully saturated rings. The average Bonchev–Trinajstić information content (AvgIpc) is 3.31. The zero-order valence-electron chi connectivity index (χ0n) is 19.5. The molecule has 2 heterocycles. The largest absolute Gasteiger partial charge is 0.484 e. The minimum atomic E-state index is -0.413. The molecule has 3 aromatic rings. The van der Waals surface area contributed by atoms with Gasteiger partial charge in [-0.3, -0.25) is 9.59 Å². The van der Waals surface area contributed by atoms with Gasteiger partial charge in [0.15, 0.2) is 12.3 Å². The minimum absolute atomic E-state index is 0.0175. The summed E-state index contributed by atoms with van der Waals surface area (Å²) in [6.07, 6.45) is 2.00. The lowest BCUT2D eigenvalue weighted by atomic mass is 9.87. The van der Waals surface area contributed by atoms with Gasteiger partial charge >= 0.3 is 0 Å². The number of benzene rings is 2. The number of rotatable bonds is 7. The van der Waals surface area contributed by atoms with Crippen LogP contribution in [0.3, 0.4) is 0 Å². The van der Waals surface area contributed by atoms with Crippen molar-refractivity contribution in [3.63, 3.8) is 0 Å². The van der Waals surface area contributed by atoms with Gasteiger partial charge in [0.1, 0.15) is 17.8 Å². The lowest BCUT2D eigenvalue weighted by molar-refractivity contribution is -0.136. The summed E-state index contributed by atoms with van der Waals surface area (Å²) in [4.78, 5) is 30.9. The fourth-order valence-electron chi connectivity index (χ4n) is 4.17. The molecule has 0 unspecified atom stereocenters. The fourth-order valence-corrected chi connectivity index (χ4v) is 4.17. The molecular formula is C26H28FN3O4. The Hall–Kier alpha value is -3.68. The van der Waals surface area contributed by atoms with Crippen LogP contribution in [-0.2, 0) is 17.8 Å². The van der Waals surface area contributed by atoms with Gasteiger partial charge in [-0.05, 0) is 54.3 Å². The number of carbonyl (C=O) groups excluding carboxylic acids is 2. The van der Waals surface area contributed by atoms with Crippen LogP contribution < -0.4 is 10.1 Å². The fraction of sp³-hybridized carbons (Fsp3) is 0.346. The highest BCUT2D eigenvalue weighted by Gasteiger charge is 2.33.